The third-order valence-electron chi connectivity index (χ3n) is 3.71. The zero-order valence-electron chi connectivity index (χ0n) is 16.6. The molecule has 0 aliphatic carbocycles. The van der Waals surface area contributed by atoms with E-state index in [2.05, 4.69) is 10.6 Å². The number of nitrogens with one attached hydrogen (secondary N) is 2. The first-order valence-electron chi connectivity index (χ1n) is 9.15. The number of carbonyl (C=O) groups is 2. The summed E-state index contributed by atoms with van der Waals surface area (Å²) in [4.78, 5) is 23.7. The van der Waals surface area contributed by atoms with Crippen LogP contribution < -0.4 is 20.1 Å². The Hall–Kier alpha value is -3.28. The normalized spacial score (nSPS) is 10.8. The predicted octanol–water partition coefficient (Wildman–Crippen LogP) is 4.48. The van der Waals surface area contributed by atoms with Gasteiger partial charge in [0.2, 0.25) is 11.8 Å². The van der Waals surface area contributed by atoms with Gasteiger partial charge >= 0.3 is 0 Å². The van der Waals surface area contributed by atoms with Crippen LogP contribution in [-0.4, -0.2) is 25.0 Å². The molecule has 0 atom stereocenters. The summed E-state index contributed by atoms with van der Waals surface area (Å²) in [5, 5.41) is 5.54. The molecule has 28 heavy (non-hydrogen) atoms. The lowest BCUT2D eigenvalue weighted by Gasteiger charge is -2.13. The van der Waals surface area contributed by atoms with Crippen LogP contribution in [0.25, 0.3) is 6.08 Å². The molecule has 0 aliphatic rings. The fraction of sp³-hybridized carbons (Fsp3) is 0.273. The zero-order valence-corrected chi connectivity index (χ0v) is 16.6. The van der Waals surface area contributed by atoms with E-state index in [4.69, 9.17) is 9.47 Å². The average molecular weight is 382 g/mol. The Morgan fingerprint density at radius 3 is 2.39 bits per heavy atom. The molecular formula is C22H26N2O4. The summed E-state index contributed by atoms with van der Waals surface area (Å²) < 4.78 is 11.0. The molecule has 2 aromatic rings. The molecule has 0 unspecified atom stereocenters. The van der Waals surface area contributed by atoms with E-state index in [1.807, 2.05) is 32.0 Å². The summed E-state index contributed by atoms with van der Waals surface area (Å²) >= 11 is 0. The summed E-state index contributed by atoms with van der Waals surface area (Å²) in [7, 11) is 1.58. The molecule has 2 N–H and O–H groups in total. The Bertz CT molecular complexity index is 859. The number of hydrogen-bond acceptors (Lipinski definition) is 4. The standard InChI is InChI=1S/C22H26N2O4/c1-5-21(25)23-17-7-6-8-18(14-17)24-22(26)12-10-16-9-11-19(28-15(2)3)20(13-16)27-4/h6-15H,5H2,1-4H3,(H,23,25)(H,24,26)/b12-10+. The number of hydrogen-bond donors (Lipinski definition) is 2. The summed E-state index contributed by atoms with van der Waals surface area (Å²) in [5.41, 5.74) is 2.05. The summed E-state index contributed by atoms with van der Waals surface area (Å²) in [6, 6.07) is 12.5. The van der Waals surface area contributed by atoms with E-state index < -0.39 is 0 Å². The highest BCUT2D eigenvalue weighted by atomic mass is 16.5. The van der Waals surface area contributed by atoms with Crippen molar-refractivity contribution in [2.75, 3.05) is 17.7 Å². The number of amides is 2. The van der Waals surface area contributed by atoms with Crippen LogP contribution in [0.4, 0.5) is 11.4 Å². The molecule has 0 saturated carbocycles. The fourth-order valence-electron chi connectivity index (χ4n) is 2.42. The zero-order chi connectivity index (χ0) is 20.5. The molecule has 0 radical (unpaired) electrons. The van der Waals surface area contributed by atoms with Gasteiger partial charge in [-0.25, -0.2) is 0 Å². The molecule has 6 heteroatoms. The van der Waals surface area contributed by atoms with Crippen molar-refractivity contribution in [1.82, 2.24) is 0 Å². The Morgan fingerprint density at radius 1 is 1.04 bits per heavy atom. The largest absolute Gasteiger partial charge is 0.493 e. The quantitative estimate of drug-likeness (QED) is 0.660. The van der Waals surface area contributed by atoms with Gasteiger partial charge < -0.3 is 20.1 Å². The molecule has 0 saturated heterocycles. The Kier molecular flexibility index (Phi) is 7.63. The molecule has 0 bridgehead atoms. The van der Waals surface area contributed by atoms with Gasteiger partial charge in [-0.3, -0.25) is 9.59 Å². The minimum absolute atomic E-state index is 0.0407. The van der Waals surface area contributed by atoms with Crippen LogP contribution in [-0.2, 0) is 9.59 Å². The van der Waals surface area contributed by atoms with Gasteiger partial charge in [0.05, 0.1) is 13.2 Å². The van der Waals surface area contributed by atoms with E-state index in [1.165, 1.54) is 6.08 Å². The van der Waals surface area contributed by atoms with Gasteiger partial charge in [0, 0.05) is 23.9 Å². The molecule has 6 nitrogen and oxygen atoms in total. The van der Waals surface area contributed by atoms with Gasteiger partial charge in [-0.15, -0.1) is 0 Å². The van der Waals surface area contributed by atoms with Gasteiger partial charge in [0.15, 0.2) is 11.5 Å². The van der Waals surface area contributed by atoms with Gasteiger partial charge in [0.25, 0.3) is 0 Å². The lowest BCUT2D eigenvalue weighted by Crippen LogP contribution is -2.11. The molecule has 2 aromatic carbocycles. The highest BCUT2D eigenvalue weighted by Gasteiger charge is 2.07. The summed E-state index contributed by atoms with van der Waals surface area (Å²) in [6.45, 7) is 5.67. The molecule has 0 aliphatic heterocycles. The number of anilines is 2. The van der Waals surface area contributed by atoms with Crippen molar-refractivity contribution in [1.29, 1.82) is 0 Å². The number of rotatable bonds is 8. The van der Waals surface area contributed by atoms with Gasteiger partial charge in [-0.2, -0.15) is 0 Å². The predicted molar refractivity (Wildman–Crippen MR) is 112 cm³/mol. The van der Waals surface area contributed by atoms with Gasteiger partial charge in [-0.1, -0.05) is 19.1 Å². The van der Waals surface area contributed by atoms with Gasteiger partial charge in [0.1, 0.15) is 0 Å². The van der Waals surface area contributed by atoms with E-state index in [0.717, 1.165) is 5.56 Å². The third-order valence-corrected chi connectivity index (χ3v) is 3.71. The first-order valence-corrected chi connectivity index (χ1v) is 9.15. The molecule has 0 fully saturated rings. The molecule has 2 amide bonds. The Balaban J connectivity index is 2.04. The van der Waals surface area contributed by atoms with Crippen LogP contribution in [0.15, 0.2) is 48.5 Å². The van der Waals surface area contributed by atoms with Crippen LogP contribution >= 0.6 is 0 Å². The number of benzene rings is 2. The van der Waals surface area contributed by atoms with Crippen molar-refractivity contribution < 1.29 is 19.1 Å². The summed E-state index contributed by atoms with van der Waals surface area (Å²) in [5.74, 6) is 0.906. The third kappa shape index (κ3) is 6.46. The molecule has 0 spiro atoms. The van der Waals surface area contributed by atoms with Crippen LogP contribution in [0.5, 0.6) is 11.5 Å². The Labute approximate surface area is 165 Å². The van der Waals surface area contributed by atoms with Crippen molar-refractivity contribution in [3.8, 4) is 11.5 Å². The SMILES string of the molecule is CCC(=O)Nc1cccc(NC(=O)/C=C/c2ccc(OC(C)C)c(OC)c2)c1. The van der Waals surface area contributed by atoms with Crippen molar-refractivity contribution in [2.24, 2.45) is 0 Å². The molecule has 0 heterocycles. The number of carbonyl (C=O) groups excluding carboxylic acids is 2. The van der Waals surface area contributed by atoms with Crippen LogP contribution in [0.3, 0.4) is 0 Å². The molecule has 0 aromatic heterocycles. The van der Waals surface area contributed by atoms with Crippen LogP contribution in [0.2, 0.25) is 0 Å². The smallest absolute Gasteiger partial charge is 0.248 e. The van der Waals surface area contributed by atoms with Crippen molar-refractivity contribution in [3.63, 3.8) is 0 Å². The highest BCUT2D eigenvalue weighted by Crippen LogP contribution is 2.29. The van der Waals surface area contributed by atoms with E-state index in [-0.39, 0.29) is 17.9 Å². The average Bonchev–Trinajstić information content (AvgIpc) is 2.67. The fourth-order valence-corrected chi connectivity index (χ4v) is 2.42. The molecule has 148 valence electrons. The first kappa shape index (κ1) is 21.0. The topological polar surface area (TPSA) is 76.7 Å². The maximum Gasteiger partial charge on any atom is 0.248 e. The highest BCUT2D eigenvalue weighted by molar-refractivity contribution is 6.02. The van der Waals surface area contributed by atoms with E-state index in [1.54, 1.807) is 44.4 Å². The number of methoxy groups -OCH3 is 1. The number of ether oxygens (including phenoxy) is 2. The molecule has 2 rings (SSSR count). The minimum atomic E-state index is -0.277. The second-order valence-corrected chi connectivity index (χ2v) is 6.38. The second kappa shape index (κ2) is 10.2. The lowest BCUT2D eigenvalue weighted by molar-refractivity contribution is -0.116. The van der Waals surface area contributed by atoms with E-state index >= 15 is 0 Å². The minimum Gasteiger partial charge on any atom is -0.493 e. The maximum absolute atomic E-state index is 12.2. The van der Waals surface area contributed by atoms with E-state index in [9.17, 15) is 9.59 Å². The first-order chi connectivity index (χ1) is 13.4. The maximum atomic E-state index is 12.2. The lowest BCUT2D eigenvalue weighted by atomic mass is 10.2. The van der Waals surface area contributed by atoms with Crippen LogP contribution in [0.1, 0.15) is 32.8 Å². The van der Waals surface area contributed by atoms with Crippen molar-refractivity contribution >= 4 is 29.3 Å². The summed E-state index contributed by atoms with van der Waals surface area (Å²) in [6.07, 6.45) is 3.57. The van der Waals surface area contributed by atoms with Crippen molar-refractivity contribution in [2.45, 2.75) is 33.3 Å². The van der Waals surface area contributed by atoms with Crippen LogP contribution in [0, 0.1) is 0 Å². The molecular weight excluding hydrogens is 356 g/mol. The monoisotopic (exact) mass is 382 g/mol. The van der Waals surface area contributed by atoms with Crippen molar-refractivity contribution in [3.05, 3.63) is 54.1 Å². The Morgan fingerprint density at radius 2 is 1.75 bits per heavy atom. The van der Waals surface area contributed by atoms with Gasteiger partial charge in [-0.05, 0) is 55.8 Å². The second-order valence-electron chi connectivity index (χ2n) is 6.38. The van der Waals surface area contributed by atoms with E-state index in [0.29, 0.717) is 29.3 Å².